The summed E-state index contributed by atoms with van der Waals surface area (Å²) in [6.45, 7) is 7.68. The summed E-state index contributed by atoms with van der Waals surface area (Å²) >= 11 is 0. The van der Waals surface area contributed by atoms with Crippen LogP contribution in [0.3, 0.4) is 0 Å². The van der Waals surface area contributed by atoms with Crippen molar-refractivity contribution >= 4 is 5.97 Å². The Morgan fingerprint density at radius 2 is 1.64 bits per heavy atom. The van der Waals surface area contributed by atoms with Gasteiger partial charge in [-0.2, -0.15) is 0 Å². The summed E-state index contributed by atoms with van der Waals surface area (Å²) in [5.74, 6) is -7.90. The first-order valence-electron chi connectivity index (χ1n) is 6.71. The van der Waals surface area contributed by atoms with Gasteiger partial charge in [-0.15, -0.1) is 6.58 Å². The molecule has 0 aromatic heterocycles. The summed E-state index contributed by atoms with van der Waals surface area (Å²) in [6, 6.07) is 0. The Kier molecular flexibility index (Phi) is 3.62. The molecule has 2 atom stereocenters. The Labute approximate surface area is 125 Å². The van der Waals surface area contributed by atoms with E-state index < -0.39 is 63.5 Å². The highest BCUT2D eigenvalue weighted by molar-refractivity contribution is 5.82. The van der Waals surface area contributed by atoms with Crippen molar-refractivity contribution in [2.45, 2.75) is 27.2 Å². The van der Waals surface area contributed by atoms with Crippen LogP contribution in [0, 0.1) is 46.9 Å². The number of hydrogen-bond acceptors (Lipinski definition) is 1. The molecule has 120 valence electrons. The van der Waals surface area contributed by atoms with E-state index in [4.69, 9.17) is 0 Å². The second-order valence-electron chi connectivity index (χ2n) is 6.25. The molecule has 2 rings (SSSR count). The normalized spacial score (nSPS) is 25.9. The highest BCUT2D eigenvalue weighted by atomic mass is 19.2. The summed E-state index contributed by atoms with van der Waals surface area (Å²) in [5, 5.41) is 9.50. The Bertz CT molecular complexity index is 652. The van der Waals surface area contributed by atoms with Gasteiger partial charge in [0.15, 0.2) is 23.3 Å². The van der Waals surface area contributed by atoms with Crippen molar-refractivity contribution in [2.24, 2.45) is 16.7 Å². The van der Waals surface area contributed by atoms with Crippen molar-refractivity contribution in [1.82, 2.24) is 0 Å². The number of allylic oxidation sites excluding steroid dienone is 1. The third-order valence-corrected chi connectivity index (χ3v) is 5.02. The predicted molar refractivity (Wildman–Crippen MR) is 72.3 cm³/mol. The molecule has 0 amide bonds. The van der Waals surface area contributed by atoms with Crippen molar-refractivity contribution < 1.29 is 27.5 Å². The number of halogens is 4. The first-order valence-corrected chi connectivity index (χ1v) is 6.71. The zero-order chi connectivity index (χ0) is 17.0. The van der Waals surface area contributed by atoms with Crippen LogP contribution in [-0.4, -0.2) is 11.1 Å². The zero-order valence-corrected chi connectivity index (χ0v) is 12.4. The topological polar surface area (TPSA) is 37.3 Å². The van der Waals surface area contributed by atoms with Gasteiger partial charge in [-0.25, -0.2) is 17.6 Å². The number of carboxylic acids is 1. The molecule has 1 N–H and O–H groups in total. The van der Waals surface area contributed by atoms with Gasteiger partial charge in [-0.3, -0.25) is 4.79 Å². The van der Waals surface area contributed by atoms with E-state index in [0.717, 1.165) is 6.92 Å². The van der Waals surface area contributed by atoms with E-state index in [9.17, 15) is 27.5 Å². The Morgan fingerprint density at radius 1 is 1.18 bits per heavy atom. The molecule has 1 aliphatic carbocycles. The summed E-state index contributed by atoms with van der Waals surface area (Å²) in [7, 11) is 0. The maximum absolute atomic E-state index is 14.0. The molecule has 0 heterocycles. The van der Waals surface area contributed by atoms with E-state index in [-0.39, 0.29) is 0 Å². The third-order valence-electron chi connectivity index (χ3n) is 5.02. The lowest BCUT2D eigenvalue weighted by molar-refractivity contribution is -0.145. The molecule has 1 aromatic rings. The Balaban J connectivity index is 2.61. The van der Waals surface area contributed by atoms with Gasteiger partial charge in [0.2, 0.25) is 0 Å². The van der Waals surface area contributed by atoms with Crippen molar-refractivity contribution in [1.29, 1.82) is 0 Å². The molecule has 6 heteroatoms. The van der Waals surface area contributed by atoms with E-state index in [1.807, 2.05) is 0 Å². The molecule has 2 nitrogen and oxygen atoms in total. The molecule has 0 saturated heterocycles. The molecule has 0 spiro atoms. The lowest BCUT2D eigenvalue weighted by Gasteiger charge is -2.17. The average Bonchev–Trinajstić information content (AvgIpc) is 2.95. The number of carboxylic acid groups (broad SMARTS) is 1. The molecule has 1 aromatic carbocycles. The van der Waals surface area contributed by atoms with Gasteiger partial charge in [-0.05, 0) is 24.7 Å². The minimum atomic E-state index is -1.54. The van der Waals surface area contributed by atoms with Gasteiger partial charge in [0.1, 0.15) is 0 Å². The highest BCUT2D eigenvalue weighted by Crippen LogP contribution is 2.71. The second-order valence-corrected chi connectivity index (χ2v) is 6.25. The summed E-state index contributed by atoms with van der Waals surface area (Å²) < 4.78 is 55.3. The van der Waals surface area contributed by atoms with Crippen LogP contribution >= 0.6 is 0 Å². The molecule has 1 fully saturated rings. The number of benzene rings is 1. The standard InChI is InChI=1S/C16H16F4O2/c1-5-9-15(3,4)16(9,14(21)22)6-8-12(19)10(17)7(2)11(18)13(8)20/h5,9H,1,6H2,2-4H3,(H,21,22). The van der Waals surface area contributed by atoms with Gasteiger partial charge < -0.3 is 5.11 Å². The first-order chi connectivity index (χ1) is 10.0. The Morgan fingerprint density at radius 3 is 1.95 bits per heavy atom. The third kappa shape index (κ3) is 1.82. The van der Waals surface area contributed by atoms with Gasteiger partial charge in [0, 0.05) is 11.1 Å². The van der Waals surface area contributed by atoms with Gasteiger partial charge >= 0.3 is 5.97 Å². The van der Waals surface area contributed by atoms with Crippen LogP contribution in [0.5, 0.6) is 0 Å². The molecular formula is C16H16F4O2. The summed E-state index contributed by atoms with van der Waals surface area (Å²) in [6.07, 6.45) is 0.753. The van der Waals surface area contributed by atoms with Crippen LogP contribution in [0.15, 0.2) is 12.7 Å². The minimum absolute atomic E-state index is 0.552. The SMILES string of the molecule is C=CC1C(C)(C)C1(Cc1c(F)c(F)c(C)c(F)c1F)C(=O)O. The van der Waals surface area contributed by atoms with Crippen molar-refractivity contribution in [3.05, 3.63) is 47.1 Å². The zero-order valence-electron chi connectivity index (χ0n) is 12.4. The molecule has 0 aliphatic heterocycles. The van der Waals surface area contributed by atoms with Crippen molar-refractivity contribution in [3.8, 4) is 0 Å². The number of aliphatic carboxylic acids is 1. The number of rotatable bonds is 4. The van der Waals surface area contributed by atoms with E-state index in [1.165, 1.54) is 6.08 Å². The van der Waals surface area contributed by atoms with Crippen LogP contribution in [0.25, 0.3) is 0 Å². The highest BCUT2D eigenvalue weighted by Gasteiger charge is 2.74. The average molecular weight is 316 g/mol. The molecule has 0 bridgehead atoms. The van der Waals surface area contributed by atoms with Gasteiger partial charge in [-0.1, -0.05) is 19.9 Å². The Hall–Kier alpha value is -1.85. The van der Waals surface area contributed by atoms with E-state index in [0.29, 0.717) is 0 Å². The van der Waals surface area contributed by atoms with Crippen LogP contribution in [0.4, 0.5) is 17.6 Å². The molecule has 2 unspecified atom stereocenters. The maximum Gasteiger partial charge on any atom is 0.311 e. The quantitative estimate of drug-likeness (QED) is 0.518. The fourth-order valence-electron chi connectivity index (χ4n) is 3.43. The molecule has 1 aliphatic rings. The second kappa shape index (κ2) is 4.83. The van der Waals surface area contributed by atoms with Gasteiger partial charge in [0.05, 0.1) is 5.41 Å². The predicted octanol–water partition coefficient (Wildman–Crippen LogP) is 4.01. The van der Waals surface area contributed by atoms with Gasteiger partial charge in [0.25, 0.3) is 0 Å². The lowest BCUT2D eigenvalue weighted by Crippen LogP contribution is -2.26. The smallest absolute Gasteiger partial charge is 0.311 e. The molecule has 22 heavy (non-hydrogen) atoms. The summed E-state index contributed by atoms with van der Waals surface area (Å²) in [4.78, 5) is 11.7. The first kappa shape index (κ1) is 16.5. The van der Waals surface area contributed by atoms with Crippen molar-refractivity contribution in [2.75, 3.05) is 0 Å². The molecular weight excluding hydrogens is 300 g/mol. The number of carbonyl (C=O) groups is 1. The van der Waals surface area contributed by atoms with E-state index >= 15 is 0 Å². The van der Waals surface area contributed by atoms with Crippen LogP contribution in [0.1, 0.15) is 25.0 Å². The summed E-state index contributed by atoms with van der Waals surface area (Å²) in [5.41, 5.74) is -4.00. The fraction of sp³-hybridized carbons (Fsp3) is 0.438. The maximum atomic E-state index is 14.0. The van der Waals surface area contributed by atoms with Crippen LogP contribution < -0.4 is 0 Å². The van der Waals surface area contributed by atoms with E-state index in [2.05, 4.69) is 6.58 Å². The monoisotopic (exact) mass is 316 g/mol. The molecule has 1 saturated carbocycles. The minimum Gasteiger partial charge on any atom is -0.481 e. The molecule has 0 radical (unpaired) electrons. The van der Waals surface area contributed by atoms with Crippen LogP contribution in [0.2, 0.25) is 0 Å². The number of hydrogen-bond donors (Lipinski definition) is 1. The van der Waals surface area contributed by atoms with E-state index in [1.54, 1.807) is 13.8 Å². The lowest BCUT2D eigenvalue weighted by atomic mass is 9.87. The van der Waals surface area contributed by atoms with Crippen molar-refractivity contribution in [3.63, 3.8) is 0 Å². The fourth-order valence-corrected chi connectivity index (χ4v) is 3.43. The largest absolute Gasteiger partial charge is 0.481 e. The van der Waals surface area contributed by atoms with Crippen LogP contribution in [-0.2, 0) is 11.2 Å².